The molecule has 0 unspecified atom stereocenters. The van der Waals surface area contributed by atoms with E-state index in [2.05, 4.69) is 4.18 Å². The Morgan fingerprint density at radius 2 is 1.48 bits per heavy atom. The quantitative estimate of drug-likeness (QED) is 0.592. The molecular formula is C14H12O6S. The summed E-state index contributed by atoms with van der Waals surface area (Å²) in [6.45, 7) is 0. The van der Waals surface area contributed by atoms with Gasteiger partial charge >= 0.3 is 10.4 Å². The van der Waals surface area contributed by atoms with Crippen LogP contribution in [0.25, 0.3) is 12.2 Å². The zero-order chi connectivity index (χ0) is 15.5. The van der Waals surface area contributed by atoms with Gasteiger partial charge in [0.15, 0.2) is 0 Å². The van der Waals surface area contributed by atoms with E-state index in [1.807, 2.05) is 0 Å². The third-order valence-corrected chi connectivity index (χ3v) is 2.88. The molecule has 7 heteroatoms. The monoisotopic (exact) mass is 308 g/mol. The highest BCUT2D eigenvalue weighted by atomic mass is 32.3. The Morgan fingerprint density at radius 1 is 0.857 bits per heavy atom. The molecule has 110 valence electrons. The maximum atomic E-state index is 10.6. The van der Waals surface area contributed by atoms with Crippen molar-refractivity contribution in [2.45, 2.75) is 0 Å². The minimum Gasteiger partial charge on any atom is -0.508 e. The lowest BCUT2D eigenvalue weighted by Gasteiger charge is -2.04. The summed E-state index contributed by atoms with van der Waals surface area (Å²) in [5, 5.41) is 18.7. The van der Waals surface area contributed by atoms with Crippen LogP contribution < -0.4 is 4.18 Å². The van der Waals surface area contributed by atoms with Gasteiger partial charge in [0.25, 0.3) is 0 Å². The molecular weight excluding hydrogens is 296 g/mol. The van der Waals surface area contributed by atoms with Gasteiger partial charge in [-0.05, 0) is 35.4 Å². The van der Waals surface area contributed by atoms with Crippen LogP contribution in [0.5, 0.6) is 17.2 Å². The third-order valence-electron chi connectivity index (χ3n) is 2.48. The van der Waals surface area contributed by atoms with E-state index in [9.17, 15) is 13.5 Å². The first-order chi connectivity index (χ1) is 9.82. The maximum absolute atomic E-state index is 10.6. The Labute approximate surface area is 121 Å². The Kier molecular flexibility index (Phi) is 4.15. The van der Waals surface area contributed by atoms with Crippen LogP contribution in [0.4, 0.5) is 0 Å². The van der Waals surface area contributed by atoms with Gasteiger partial charge in [-0.3, -0.25) is 4.55 Å². The fourth-order valence-electron chi connectivity index (χ4n) is 1.65. The summed E-state index contributed by atoms with van der Waals surface area (Å²) in [6, 6.07) is 10.2. The van der Waals surface area contributed by atoms with Crippen molar-refractivity contribution in [3.8, 4) is 17.2 Å². The molecule has 2 aromatic rings. The molecule has 0 aliphatic heterocycles. The lowest BCUT2D eigenvalue weighted by Crippen LogP contribution is -2.06. The van der Waals surface area contributed by atoms with E-state index >= 15 is 0 Å². The van der Waals surface area contributed by atoms with E-state index in [0.29, 0.717) is 5.56 Å². The van der Waals surface area contributed by atoms with Crippen molar-refractivity contribution < 1.29 is 27.4 Å². The lowest BCUT2D eigenvalue weighted by atomic mass is 10.1. The fraction of sp³-hybridized carbons (Fsp3) is 0. The predicted octanol–water partition coefficient (Wildman–Crippen LogP) is 2.45. The average Bonchev–Trinajstić information content (AvgIpc) is 2.35. The summed E-state index contributed by atoms with van der Waals surface area (Å²) in [5.41, 5.74) is 1.27. The first-order valence-corrected chi connectivity index (χ1v) is 7.16. The van der Waals surface area contributed by atoms with E-state index in [1.54, 1.807) is 24.3 Å². The molecule has 0 aliphatic rings. The molecule has 0 spiro atoms. The van der Waals surface area contributed by atoms with Gasteiger partial charge in [0.05, 0.1) is 0 Å². The molecule has 0 aromatic heterocycles. The van der Waals surface area contributed by atoms with E-state index in [0.717, 1.165) is 11.6 Å². The van der Waals surface area contributed by atoms with Crippen LogP contribution >= 0.6 is 0 Å². The van der Waals surface area contributed by atoms with Crippen molar-refractivity contribution >= 4 is 22.6 Å². The molecule has 21 heavy (non-hydrogen) atoms. The van der Waals surface area contributed by atoms with E-state index in [-0.39, 0.29) is 17.2 Å². The second-order valence-electron chi connectivity index (χ2n) is 4.20. The van der Waals surface area contributed by atoms with Crippen LogP contribution in [0.2, 0.25) is 0 Å². The minimum atomic E-state index is -4.65. The number of hydrogen-bond donors (Lipinski definition) is 3. The van der Waals surface area contributed by atoms with Crippen molar-refractivity contribution in [2.24, 2.45) is 0 Å². The zero-order valence-electron chi connectivity index (χ0n) is 10.7. The third kappa shape index (κ3) is 4.83. The fourth-order valence-corrected chi connectivity index (χ4v) is 1.99. The predicted molar refractivity (Wildman–Crippen MR) is 77.3 cm³/mol. The summed E-state index contributed by atoms with van der Waals surface area (Å²) in [7, 11) is -4.65. The number of rotatable bonds is 4. The Morgan fingerprint density at radius 3 is 2.10 bits per heavy atom. The number of phenolic OH excluding ortho intramolecular Hbond substituents is 2. The van der Waals surface area contributed by atoms with Gasteiger partial charge in [0.2, 0.25) is 0 Å². The number of phenols is 2. The smallest absolute Gasteiger partial charge is 0.446 e. The standard InChI is InChI=1S/C14H12O6S/c15-12-5-3-10(4-6-12)1-2-11-7-13(16)9-14(8-11)20-21(17,18)19/h1-9,15-16H,(H,17,18,19). The molecule has 6 nitrogen and oxygen atoms in total. The highest BCUT2D eigenvalue weighted by Gasteiger charge is 2.08. The topological polar surface area (TPSA) is 104 Å². The molecule has 3 N–H and O–H groups in total. The molecule has 0 fully saturated rings. The SMILES string of the molecule is O=S(=O)(O)Oc1cc(O)cc(C=Cc2ccc(O)cc2)c1. The largest absolute Gasteiger partial charge is 0.508 e. The van der Waals surface area contributed by atoms with Gasteiger partial charge < -0.3 is 14.4 Å². The second-order valence-corrected chi connectivity index (χ2v) is 5.22. The molecule has 0 bridgehead atoms. The molecule has 2 rings (SSSR count). The first kappa shape index (κ1) is 14.9. The summed E-state index contributed by atoms with van der Waals surface area (Å²) in [5.74, 6) is -0.266. The molecule has 0 saturated carbocycles. The van der Waals surface area contributed by atoms with Crippen LogP contribution in [0.15, 0.2) is 42.5 Å². The highest BCUT2D eigenvalue weighted by Crippen LogP contribution is 2.24. The van der Waals surface area contributed by atoms with E-state index in [4.69, 9.17) is 9.66 Å². The Balaban J connectivity index is 2.25. The van der Waals surface area contributed by atoms with Crippen LogP contribution in [0.3, 0.4) is 0 Å². The van der Waals surface area contributed by atoms with Gasteiger partial charge in [0.1, 0.15) is 17.2 Å². The minimum absolute atomic E-state index is 0.147. The average molecular weight is 308 g/mol. The van der Waals surface area contributed by atoms with E-state index in [1.165, 1.54) is 24.3 Å². The first-order valence-electron chi connectivity index (χ1n) is 5.80. The van der Waals surface area contributed by atoms with Gasteiger partial charge in [-0.25, -0.2) is 0 Å². The molecule has 0 amide bonds. The molecule has 0 saturated heterocycles. The molecule has 0 atom stereocenters. The van der Waals surface area contributed by atoms with Crippen molar-refractivity contribution in [3.05, 3.63) is 53.6 Å². The summed E-state index contributed by atoms with van der Waals surface area (Å²) < 4.78 is 34.2. The second kappa shape index (κ2) is 5.86. The number of hydrogen-bond acceptors (Lipinski definition) is 5. The summed E-state index contributed by atoms with van der Waals surface area (Å²) in [4.78, 5) is 0. The van der Waals surface area contributed by atoms with Crippen molar-refractivity contribution in [3.63, 3.8) is 0 Å². The number of benzene rings is 2. The van der Waals surface area contributed by atoms with E-state index < -0.39 is 10.4 Å². The van der Waals surface area contributed by atoms with Gasteiger partial charge in [-0.15, -0.1) is 0 Å². The summed E-state index contributed by atoms with van der Waals surface area (Å²) in [6.07, 6.45) is 3.31. The van der Waals surface area contributed by atoms with Crippen LogP contribution in [0.1, 0.15) is 11.1 Å². The lowest BCUT2D eigenvalue weighted by molar-refractivity contribution is 0.385. The molecule has 2 aromatic carbocycles. The van der Waals surface area contributed by atoms with Crippen molar-refractivity contribution in [1.82, 2.24) is 0 Å². The molecule has 0 heterocycles. The van der Waals surface area contributed by atoms with Gasteiger partial charge in [-0.2, -0.15) is 8.42 Å². The number of aromatic hydroxyl groups is 2. The van der Waals surface area contributed by atoms with Gasteiger partial charge in [0, 0.05) is 6.07 Å². The Hall–Kier alpha value is -2.51. The highest BCUT2D eigenvalue weighted by molar-refractivity contribution is 7.81. The normalized spacial score (nSPS) is 11.7. The van der Waals surface area contributed by atoms with Crippen LogP contribution in [0, 0.1) is 0 Å². The van der Waals surface area contributed by atoms with Crippen LogP contribution in [-0.4, -0.2) is 23.2 Å². The van der Waals surface area contributed by atoms with Crippen LogP contribution in [-0.2, 0) is 10.4 Å². The molecule has 0 radical (unpaired) electrons. The molecule has 0 aliphatic carbocycles. The summed E-state index contributed by atoms with van der Waals surface area (Å²) >= 11 is 0. The zero-order valence-corrected chi connectivity index (χ0v) is 11.5. The maximum Gasteiger partial charge on any atom is 0.446 e. The Bertz CT molecular complexity index is 763. The van der Waals surface area contributed by atoms with Gasteiger partial charge in [-0.1, -0.05) is 24.3 Å². The van der Waals surface area contributed by atoms with Crippen molar-refractivity contribution in [1.29, 1.82) is 0 Å². The van der Waals surface area contributed by atoms with Crippen molar-refractivity contribution in [2.75, 3.05) is 0 Å².